The molecular weight excluding hydrogens is 346 g/mol. The maximum atomic E-state index is 12.2. The molecule has 0 amide bonds. The summed E-state index contributed by atoms with van der Waals surface area (Å²) in [5.74, 6) is 0. The topological polar surface area (TPSA) is 77.8 Å². The first kappa shape index (κ1) is 15.0. The van der Waals surface area contributed by atoms with Crippen LogP contribution >= 0.6 is 22.9 Å². The van der Waals surface area contributed by atoms with E-state index in [0.29, 0.717) is 17.1 Å². The Kier molecular flexibility index (Phi) is 3.63. The standard InChI is InChI=1S/C17H12ClN3O2S/c18-11-1-3-13-9(6-11)5-10(16(22)20-13)8-19-12-2-4-15-14(7-12)21-17(23)24-15/h1-7,19H,8H2,(H,20,22)(H,21,23). The molecule has 0 aliphatic rings. The van der Waals surface area contributed by atoms with Crippen molar-refractivity contribution in [2.75, 3.05) is 5.32 Å². The van der Waals surface area contributed by atoms with Gasteiger partial charge in [0.1, 0.15) is 0 Å². The van der Waals surface area contributed by atoms with Gasteiger partial charge < -0.3 is 15.3 Å². The molecule has 5 nitrogen and oxygen atoms in total. The molecule has 0 aliphatic heterocycles. The average Bonchev–Trinajstić information content (AvgIpc) is 2.92. The largest absolute Gasteiger partial charge is 0.381 e. The van der Waals surface area contributed by atoms with Crippen LogP contribution in [0, 0.1) is 0 Å². The molecule has 0 unspecified atom stereocenters. The Bertz CT molecular complexity index is 1180. The number of fused-ring (bicyclic) bond motifs is 2. The molecule has 2 aromatic heterocycles. The molecular formula is C17H12ClN3O2S. The van der Waals surface area contributed by atoms with Crippen molar-refractivity contribution in [3.8, 4) is 0 Å². The van der Waals surface area contributed by atoms with Gasteiger partial charge in [-0.05, 0) is 42.5 Å². The number of benzene rings is 2. The Morgan fingerprint density at radius 3 is 2.75 bits per heavy atom. The summed E-state index contributed by atoms with van der Waals surface area (Å²) < 4.78 is 0.906. The van der Waals surface area contributed by atoms with E-state index in [1.54, 1.807) is 12.1 Å². The second-order valence-corrected chi connectivity index (χ2v) is 6.89. The number of anilines is 1. The number of aromatic amines is 2. The predicted octanol–water partition coefficient (Wildman–Crippen LogP) is 3.70. The summed E-state index contributed by atoms with van der Waals surface area (Å²) in [6, 6.07) is 12.8. The maximum absolute atomic E-state index is 12.2. The summed E-state index contributed by atoms with van der Waals surface area (Å²) in [4.78, 5) is 29.1. The van der Waals surface area contributed by atoms with Crippen molar-refractivity contribution in [1.29, 1.82) is 0 Å². The minimum atomic E-state index is -0.137. The molecule has 0 fully saturated rings. The van der Waals surface area contributed by atoms with Crippen LogP contribution in [0.5, 0.6) is 0 Å². The van der Waals surface area contributed by atoms with E-state index in [4.69, 9.17) is 11.6 Å². The van der Waals surface area contributed by atoms with Gasteiger partial charge in [-0.1, -0.05) is 22.9 Å². The molecule has 120 valence electrons. The molecule has 0 bridgehead atoms. The van der Waals surface area contributed by atoms with Crippen molar-refractivity contribution in [2.45, 2.75) is 6.54 Å². The minimum Gasteiger partial charge on any atom is -0.381 e. The van der Waals surface area contributed by atoms with Crippen LogP contribution in [0.25, 0.3) is 21.1 Å². The third kappa shape index (κ3) is 2.81. The molecule has 0 saturated heterocycles. The highest BCUT2D eigenvalue weighted by molar-refractivity contribution is 7.16. The molecule has 2 aromatic carbocycles. The highest BCUT2D eigenvalue weighted by Gasteiger charge is 2.05. The van der Waals surface area contributed by atoms with Crippen LogP contribution in [0.4, 0.5) is 5.69 Å². The SMILES string of the molecule is O=c1[nH]c2cc(NCc3cc4cc(Cl)ccc4[nH]c3=O)ccc2s1. The van der Waals surface area contributed by atoms with E-state index in [2.05, 4.69) is 15.3 Å². The zero-order valence-corrected chi connectivity index (χ0v) is 13.9. The van der Waals surface area contributed by atoms with Gasteiger partial charge in [-0.2, -0.15) is 0 Å². The summed E-state index contributed by atoms with van der Waals surface area (Å²) in [7, 11) is 0. The number of nitrogens with one attached hydrogen (secondary N) is 3. The van der Waals surface area contributed by atoms with E-state index in [-0.39, 0.29) is 10.4 Å². The van der Waals surface area contributed by atoms with E-state index >= 15 is 0 Å². The van der Waals surface area contributed by atoms with Gasteiger partial charge in [0.15, 0.2) is 0 Å². The van der Waals surface area contributed by atoms with E-state index in [0.717, 1.165) is 26.8 Å². The number of halogens is 1. The molecule has 0 radical (unpaired) electrons. The van der Waals surface area contributed by atoms with Crippen LogP contribution in [0.1, 0.15) is 5.56 Å². The van der Waals surface area contributed by atoms with Crippen molar-refractivity contribution < 1.29 is 0 Å². The summed E-state index contributed by atoms with van der Waals surface area (Å²) in [5.41, 5.74) is 2.85. The average molecular weight is 358 g/mol. The third-order valence-corrected chi connectivity index (χ3v) is 4.88. The monoisotopic (exact) mass is 357 g/mol. The van der Waals surface area contributed by atoms with Crippen LogP contribution in [0.2, 0.25) is 5.02 Å². The molecule has 3 N–H and O–H groups in total. The van der Waals surface area contributed by atoms with E-state index in [9.17, 15) is 9.59 Å². The number of aromatic nitrogens is 2. The van der Waals surface area contributed by atoms with Gasteiger partial charge in [-0.3, -0.25) is 9.59 Å². The van der Waals surface area contributed by atoms with E-state index < -0.39 is 0 Å². The van der Waals surface area contributed by atoms with Crippen molar-refractivity contribution in [3.63, 3.8) is 0 Å². The van der Waals surface area contributed by atoms with Gasteiger partial charge in [-0.15, -0.1) is 0 Å². The fraction of sp³-hybridized carbons (Fsp3) is 0.0588. The van der Waals surface area contributed by atoms with Gasteiger partial charge in [0.2, 0.25) is 0 Å². The van der Waals surface area contributed by atoms with Gasteiger partial charge in [0.05, 0.1) is 10.2 Å². The molecule has 7 heteroatoms. The number of pyridine rings is 1. The number of hydrogen-bond acceptors (Lipinski definition) is 4. The summed E-state index contributed by atoms with van der Waals surface area (Å²) in [6.07, 6.45) is 0. The van der Waals surface area contributed by atoms with E-state index in [1.807, 2.05) is 30.3 Å². The lowest BCUT2D eigenvalue weighted by atomic mass is 10.1. The normalized spacial score (nSPS) is 11.2. The Labute approximate surface area is 144 Å². The quantitative estimate of drug-likeness (QED) is 0.523. The second-order valence-electron chi connectivity index (χ2n) is 5.43. The molecule has 0 aliphatic carbocycles. The minimum absolute atomic E-state index is 0.0787. The van der Waals surface area contributed by atoms with Gasteiger partial charge in [0.25, 0.3) is 5.56 Å². The number of H-pyrrole nitrogens is 2. The first-order valence-electron chi connectivity index (χ1n) is 7.27. The van der Waals surface area contributed by atoms with Gasteiger partial charge >= 0.3 is 4.87 Å². The lowest BCUT2D eigenvalue weighted by Crippen LogP contribution is -2.15. The predicted molar refractivity (Wildman–Crippen MR) is 99.4 cm³/mol. The number of rotatable bonds is 3. The van der Waals surface area contributed by atoms with Crippen LogP contribution < -0.4 is 15.7 Å². The van der Waals surface area contributed by atoms with Gasteiger partial charge in [-0.25, -0.2) is 0 Å². The fourth-order valence-electron chi connectivity index (χ4n) is 2.61. The fourth-order valence-corrected chi connectivity index (χ4v) is 3.51. The molecule has 24 heavy (non-hydrogen) atoms. The first-order chi connectivity index (χ1) is 11.6. The van der Waals surface area contributed by atoms with Crippen molar-refractivity contribution in [3.05, 3.63) is 73.1 Å². The van der Waals surface area contributed by atoms with Crippen LogP contribution in [-0.4, -0.2) is 9.97 Å². The summed E-state index contributed by atoms with van der Waals surface area (Å²) in [6.45, 7) is 0.373. The molecule has 0 spiro atoms. The summed E-state index contributed by atoms with van der Waals surface area (Å²) in [5, 5.41) is 4.72. The van der Waals surface area contributed by atoms with Crippen molar-refractivity contribution in [1.82, 2.24) is 9.97 Å². The lowest BCUT2D eigenvalue weighted by molar-refractivity contribution is 1.09. The smallest absolute Gasteiger partial charge is 0.305 e. The van der Waals surface area contributed by atoms with Crippen molar-refractivity contribution >= 4 is 49.7 Å². The molecule has 4 rings (SSSR count). The van der Waals surface area contributed by atoms with E-state index in [1.165, 1.54) is 11.3 Å². The molecule has 0 saturated carbocycles. The Hall–Kier alpha value is -2.57. The third-order valence-electron chi connectivity index (χ3n) is 3.79. The Morgan fingerprint density at radius 2 is 1.88 bits per heavy atom. The molecule has 2 heterocycles. The highest BCUT2D eigenvalue weighted by Crippen LogP contribution is 2.20. The van der Waals surface area contributed by atoms with Gasteiger partial charge in [0, 0.05) is 33.7 Å². The Balaban J connectivity index is 1.64. The van der Waals surface area contributed by atoms with Crippen LogP contribution in [-0.2, 0) is 6.54 Å². The second kappa shape index (κ2) is 5.81. The van der Waals surface area contributed by atoms with Crippen LogP contribution in [0.3, 0.4) is 0 Å². The van der Waals surface area contributed by atoms with Crippen LogP contribution in [0.15, 0.2) is 52.1 Å². The number of thiazole rings is 1. The number of hydrogen-bond donors (Lipinski definition) is 3. The molecule has 4 aromatic rings. The zero-order chi connectivity index (χ0) is 16.7. The Morgan fingerprint density at radius 1 is 1.00 bits per heavy atom. The first-order valence-corrected chi connectivity index (χ1v) is 8.46. The van der Waals surface area contributed by atoms with Crippen molar-refractivity contribution in [2.24, 2.45) is 0 Å². The molecule has 0 atom stereocenters. The lowest BCUT2D eigenvalue weighted by Gasteiger charge is -2.07. The zero-order valence-electron chi connectivity index (χ0n) is 12.4. The maximum Gasteiger partial charge on any atom is 0.305 e. The summed E-state index contributed by atoms with van der Waals surface area (Å²) >= 11 is 7.18. The highest BCUT2D eigenvalue weighted by atomic mass is 35.5.